The van der Waals surface area contributed by atoms with Crippen molar-refractivity contribution in [3.8, 4) is 5.75 Å². The van der Waals surface area contributed by atoms with Gasteiger partial charge in [-0.2, -0.15) is 0 Å². The Morgan fingerprint density at radius 2 is 1.95 bits per heavy atom. The molecule has 0 unspecified atom stereocenters. The molecular formula is C16H14FNOS. The van der Waals surface area contributed by atoms with Crippen molar-refractivity contribution in [3.63, 3.8) is 0 Å². The second kappa shape index (κ2) is 5.51. The maximum Gasteiger partial charge on any atom is 0.141 e. The number of hydrogen-bond acceptors (Lipinski definition) is 3. The SMILES string of the molecule is COc1ccc(CNc2csc3c(F)cccc23)cc1. The van der Waals surface area contributed by atoms with E-state index in [9.17, 15) is 4.39 Å². The summed E-state index contributed by atoms with van der Waals surface area (Å²) < 4.78 is 19.4. The molecule has 0 saturated heterocycles. The van der Waals surface area contributed by atoms with E-state index in [1.807, 2.05) is 35.7 Å². The predicted octanol–water partition coefficient (Wildman–Crippen LogP) is 4.66. The van der Waals surface area contributed by atoms with Crippen molar-refractivity contribution in [1.82, 2.24) is 0 Å². The van der Waals surface area contributed by atoms with E-state index in [1.165, 1.54) is 17.4 Å². The van der Waals surface area contributed by atoms with Gasteiger partial charge in [-0.25, -0.2) is 4.39 Å². The second-order valence-electron chi connectivity index (χ2n) is 4.47. The van der Waals surface area contributed by atoms with Crippen molar-refractivity contribution in [1.29, 1.82) is 0 Å². The maximum absolute atomic E-state index is 13.6. The quantitative estimate of drug-likeness (QED) is 0.753. The van der Waals surface area contributed by atoms with Gasteiger partial charge in [0.05, 0.1) is 17.5 Å². The van der Waals surface area contributed by atoms with Crippen LogP contribution in [0.3, 0.4) is 0 Å². The van der Waals surface area contributed by atoms with Crippen molar-refractivity contribution < 1.29 is 9.13 Å². The van der Waals surface area contributed by atoms with Gasteiger partial charge in [0.15, 0.2) is 0 Å². The molecule has 4 heteroatoms. The number of methoxy groups -OCH3 is 1. The van der Waals surface area contributed by atoms with Crippen molar-refractivity contribution in [2.24, 2.45) is 0 Å². The molecule has 102 valence electrons. The number of benzene rings is 2. The van der Waals surface area contributed by atoms with Gasteiger partial charge in [-0.3, -0.25) is 0 Å². The molecule has 2 aromatic carbocycles. The van der Waals surface area contributed by atoms with Crippen LogP contribution in [0.2, 0.25) is 0 Å². The van der Waals surface area contributed by atoms with E-state index in [2.05, 4.69) is 5.32 Å². The van der Waals surface area contributed by atoms with Gasteiger partial charge in [0.2, 0.25) is 0 Å². The highest BCUT2D eigenvalue weighted by Gasteiger charge is 2.07. The fraction of sp³-hybridized carbons (Fsp3) is 0.125. The fourth-order valence-corrected chi connectivity index (χ4v) is 3.03. The summed E-state index contributed by atoms with van der Waals surface area (Å²) in [5.74, 6) is 0.682. The van der Waals surface area contributed by atoms with E-state index >= 15 is 0 Å². The van der Waals surface area contributed by atoms with Gasteiger partial charge in [0.25, 0.3) is 0 Å². The molecule has 0 saturated carbocycles. The average molecular weight is 287 g/mol. The second-order valence-corrected chi connectivity index (χ2v) is 5.35. The van der Waals surface area contributed by atoms with Gasteiger partial charge >= 0.3 is 0 Å². The van der Waals surface area contributed by atoms with Crippen LogP contribution in [0.5, 0.6) is 5.75 Å². The molecule has 2 nitrogen and oxygen atoms in total. The van der Waals surface area contributed by atoms with Crippen LogP contribution >= 0.6 is 11.3 Å². The Bertz CT molecular complexity index is 721. The standard InChI is InChI=1S/C16H14FNOS/c1-19-12-7-5-11(6-8-12)9-18-15-10-20-16-13(15)3-2-4-14(16)17/h2-8,10,18H,9H2,1H3. The molecule has 0 fully saturated rings. The van der Waals surface area contributed by atoms with E-state index in [0.717, 1.165) is 22.4 Å². The Balaban J connectivity index is 1.78. The lowest BCUT2D eigenvalue weighted by atomic mass is 10.2. The molecule has 0 atom stereocenters. The predicted molar refractivity (Wildman–Crippen MR) is 82.1 cm³/mol. The molecular weight excluding hydrogens is 273 g/mol. The Morgan fingerprint density at radius 1 is 1.15 bits per heavy atom. The lowest BCUT2D eigenvalue weighted by Crippen LogP contribution is -1.98. The third kappa shape index (κ3) is 2.47. The van der Waals surface area contributed by atoms with Crippen molar-refractivity contribution in [2.75, 3.05) is 12.4 Å². The zero-order valence-electron chi connectivity index (χ0n) is 11.0. The number of ether oxygens (including phenoxy) is 1. The van der Waals surface area contributed by atoms with Gasteiger partial charge < -0.3 is 10.1 Å². The Morgan fingerprint density at radius 3 is 2.70 bits per heavy atom. The van der Waals surface area contributed by atoms with Gasteiger partial charge in [-0.15, -0.1) is 11.3 Å². The molecule has 0 amide bonds. The van der Waals surface area contributed by atoms with Crippen LogP contribution < -0.4 is 10.1 Å². The van der Waals surface area contributed by atoms with E-state index in [-0.39, 0.29) is 5.82 Å². The minimum absolute atomic E-state index is 0.162. The van der Waals surface area contributed by atoms with Crippen LogP contribution in [0, 0.1) is 5.82 Å². The van der Waals surface area contributed by atoms with Gasteiger partial charge in [0.1, 0.15) is 11.6 Å². The van der Waals surface area contributed by atoms with Crippen LogP contribution in [-0.4, -0.2) is 7.11 Å². The maximum atomic E-state index is 13.6. The number of halogens is 1. The summed E-state index contributed by atoms with van der Waals surface area (Å²) in [6.45, 7) is 0.701. The lowest BCUT2D eigenvalue weighted by Gasteiger charge is -2.06. The normalized spacial score (nSPS) is 10.7. The summed E-state index contributed by atoms with van der Waals surface area (Å²) in [6, 6.07) is 13.1. The Kier molecular flexibility index (Phi) is 3.56. The summed E-state index contributed by atoms with van der Waals surface area (Å²) in [5, 5.41) is 6.24. The van der Waals surface area contributed by atoms with Crippen LogP contribution in [0.15, 0.2) is 47.8 Å². The molecule has 1 heterocycles. The van der Waals surface area contributed by atoms with Gasteiger partial charge in [-0.05, 0) is 23.8 Å². The number of hydrogen-bond donors (Lipinski definition) is 1. The first-order valence-corrected chi connectivity index (χ1v) is 7.18. The third-order valence-corrected chi connectivity index (χ3v) is 4.20. The summed E-state index contributed by atoms with van der Waals surface area (Å²) in [4.78, 5) is 0. The molecule has 0 aliphatic heterocycles. The molecule has 3 aromatic rings. The molecule has 0 spiro atoms. The first kappa shape index (κ1) is 12.9. The minimum Gasteiger partial charge on any atom is -0.497 e. The van der Waals surface area contributed by atoms with Gasteiger partial charge in [0, 0.05) is 17.3 Å². The first-order valence-electron chi connectivity index (χ1n) is 6.30. The fourth-order valence-electron chi connectivity index (χ4n) is 2.10. The Hall–Kier alpha value is -2.07. The van der Waals surface area contributed by atoms with Crippen molar-refractivity contribution in [2.45, 2.75) is 6.54 Å². The molecule has 0 aliphatic rings. The number of nitrogens with one attached hydrogen (secondary N) is 1. The topological polar surface area (TPSA) is 21.3 Å². The monoisotopic (exact) mass is 287 g/mol. The lowest BCUT2D eigenvalue weighted by molar-refractivity contribution is 0.414. The summed E-state index contributed by atoms with van der Waals surface area (Å²) in [6.07, 6.45) is 0. The first-order chi connectivity index (χ1) is 9.78. The van der Waals surface area contributed by atoms with Crippen LogP contribution in [0.25, 0.3) is 10.1 Å². The number of thiophene rings is 1. The molecule has 0 bridgehead atoms. The highest BCUT2D eigenvalue weighted by molar-refractivity contribution is 7.17. The van der Waals surface area contributed by atoms with Crippen molar-refractivity contribution >= 4 is 27.1 Å². The summed E-state index contributed by atoms with van der Waals surface area (Å²) >= 11 is 1.42. The third-order valence-electron chi connectivity index (χ3n) is 3.19. The van der Waals surface area contributed by atoms with Gasteiger partial charge in [-0.1, -0.05) is 24.3 Å². The van der Waals surface area contributed by atoms with Crippen molar-refractivity contribution in [3.05, 3.63) is 59.2 Å². The number of anilines is 1. The number of rotatable bonds is 4. The highest BCUT2D eigenvalue weighted by Crippen LogP contribution is 2.32. The van der Waals surface area contributed by atoms with Crippen LogP contribution in [-0.2, 0) is 6.54 Å². The zero-order chi connectivity index (χ0) is 13.9. The van der Waals surface area contributed by atoms with E-state index in [4.69, 9.17) is 4.74 Å². The molecule has 1 aromatic heterocycles. The smallest absolute Gasteiger partial charge is 0.141 e. The molecule has 3 rings (SSSR count). The molecule has 1 N–H and O–H groups in total. The minimum atomic E-state index is -0.162. The average Bonchev–Trinajstić information content (AvgIpc) is 2.90. The molecule has 20 heavy (non-hydrogen) atoms. The summed E-state index contributed by atoms with van der Waals surface area (Å²) in [7, 11) is 1.65. The molecule has 0 radical (unpaired) electrons. The Labute approximate surface area is 120 Å². The van der Waals surface area contributed by atoms with E-state index < -0.39 is 0 Å². The van der Waals surface area contributed by atoms with Crippen LogP contribution in [0.4, 0.5) is 10.1 Å². The largest absolute Gasteiger partial charge is 0.497 e. The van der Waals surface area contributed by atoms with Crippen LogP contribution in [0.1, 0.15) is 5.56 Å². The zero-order valence-corrected chi connectivity index (χ0v) is 11.8. The highest BCUT2D eigenvalue weighted by atomic mass is 32.1. The molecule has 0 aliphatic carbocycles. The summed E-state index contributed by atoms with van der Waals surface area (Å²) in [5.41, 5.74) is 2.13. The number of fused-ring (bicyclic) bond motifs is 1. The van der Waals surface area contributed by atoms with E-state index in [0.29, 0.717) is 11.2 Å². The van der Waals surface area contributed by atoms with E-state index in [1.54, 1.807) is 13.2 Å².